The van der Waals surface area contributed by atoms with Crippen LogP contribution in [0.25, 0.3) is 64.3 Å². The van der Waals surface area contributed by atoms with Crippen molar-refractivity contribution < 1.29 is 0 Å². The molecule has 1 aromatic heterocycles. The lowest BCUT2D eigenvalue weighted by atomic mass is 9.84. The number of benzene rings is 8. The van der Waals surface area contributed by atoms with Crippen LogP contribution in [0.3, 0.4) is 0 Å². The number of thiophene rings is 1. The minimum atomic E-state index is 0.720. The Labute approximate surface area is 321 Å². The molecule has 8 aromatic carbocycles. The van der Waals surface area contributed by atoms with Crippen molar-refractivity contribution in [2.45, 2.75) is 38.0 Å². The van der Waals surface area contributed by atoms with E-state index < -0.39 is 0 Å². The molecule has 0 amide bonds. The first-order valence-electron chi connectivity index (χ1n) is 19.4. The van der Waals surface area contributed by atoms with Crippen molar-refractivity contribution in [1.82, 2.24) is 0 Å². The highest BCUT2D eigenvalue weighted by Crippen LogP contribution is 2.46. The number of rotatable bonds is 7. The molecular formula is C52H41NS. The summed E-state index contributed by atoms with van der Waals surface area (Å²) in [4.78, 5) is 2.44. The van der Waals surface area contributed by atoms with Gasteiger partial charge in [-0.15, -0.1) is 11.3 Å². The fourth-order valence-electron chi connectivity index (χ4n) is 8.79. The average Bonchev–Trinajstić information content (AvgIpc) is 3.64. The minimum absolute atomic E-state index is 0.720. The Morgan fingerprint density at radius 3 is 1.65 bits per heavy atom. The molecule has 1 saturated carbocycles. The first-order chi connectivity index (χ1) is 26.8. The van der Waals surface area contributed by atoms with Crippen LogP contribution in [0.2, 0.25) is 0 Å². The van der Waals surface area contributed by atoms with Crippen LogP contribution in [0.1, 0.15) is 43.6 Å². The van der Waals surface area contributed by atoms with E-state index >= 15 is 0 Å². The first kappa shape index (κ1) is 32.7. The highest BCUT2D eigenvalue weighted by atomic mass is 32.1. The molecule has 260 valence electrons. The van der Waals surface area contributed by atoms with Gasteiger partial charge in [0.05, 0.1) is 5.69 Å². The quantitative estimate of drug-likeness (QED) is 0.159. The normalized spacial score (nSPS) is 13.5. The second kappa shape index (κ2) is 14.1. The van der Waals surface area contributed by atoms with Crippen LogP contribution in [0.4, 0.5) is 17.1 Å². The molecule has 9 aromatic rings. The lowest BCUT2D eigenvalue weighted by molar-refractivity contribution is 0.443. The molecule has 0 bridgehead atoms. The second-order valence-electron chi connectivity index (χ2n) is 14.7. The van der Waals surface area contributed by atoms with E-state index in [1.165, 1.54) is 108 Å². The third-order valence-electron chi connectivity index (χ3n) is 11.5. The maximum absolute atomic E-state index is 2.44. The molecule has 0 atom stereocenters. The van der Waals surface area contributed by atoms with Crippen molar-refractivity contribution in [3.05, 3.63) is 188 Å². The van der Waals surface area contributed by atoms with Crippen LogP contribution in [-0.2, 0) is 0 Å². The van der Waals surface area contributed by atoms with Gasteiger partial charge in [-0.25, -0.2) is 0 Å². The number of hydrogen-bond acceptors (Lipinski definition) is 2. The summed E-state index contributed by atoms with van der Waals surface area (Å²) in [6, 6.07) is 67.4. The molecule has 0 aliphatic heterocycles. The Hall–Kier alpha value is -5.96. The largest absolute Gasteiger partial charge is 0.310 e. The van der Waals surface area contributed by atoms with E-state index in [2.05, 4.69) is 187 Å². The monoisotopic (exact) mass is 711 g/mol. The van der Waals surface area contributed by atoms with Gasteiger partial charge in [0.25, 0.3) is 0 Å². The van der Waals surface area contributed by atoms with E-state index in [-0.39, 0.29) is 0 Å². The summed E-state index contributed by atoms with van der Waals surface area (Å²) in [5.41, 5.74) is 12.4. The van der Waals surface area contributed by atoms with E-state index in [1.807, 2.05) is 11.3 Å². The zero-order valence-electron chi connectivity index (χ0n) is 30.3. The predicted molar refractivity (Wildman–Crippen MR) is 234 cm³/mol. The van der Waals surface area contributed by atoms with Gasteiger partial charge in [0.1, 0.15) is 0 Å². The second-order valence-corrected chi connectivity index (χ2v) is 15.8. The molecule has 0 unspecified atom stereocenters. The van der Waals surface area contributed by atoms with E-state index in [4.69, 9.17) is 0 Å². The van der Waals surface area contributed by atoms with Gasteiger partial charge in [0, 0.05) is 31.5 Å². The maximum Gasteiger partial charge on any atom is 0.0554 e. The van der Waals surface area contributed by atoms with E-state index in [1.54, 1.807) is 0 Å². The van der Waals surface area contributed by atoms with Crippen LogP contribution in [0.5, 0.6) is 0 Å². The van der Waals surface area contributed by atoms with Crippen LogP contribution < -0.4 is 4.90 Å². The zero-order chi connectivity index (χ0) is 35.8. The highest BCUT2D eigenvalue weighted by molar-refractivity contribution is 7.26. The van der Waals surface area contributed by atoms with Gasteiger partial charge in [0.15, 0.2) is 0 Å². The molecule has 1 aliphatic rings. The van der Waals surface area contributed by atoms with Crippen molar-refractivity contribution in [2.24, 2.45) is 0 Å². The van der Waals surface area contributed by atoms with Gasteiger partial charge in [-0.2, -0.15) is 0 Å². The molecule has 0 N–H and O–H groups in total. The molecule has 0 radical (unpaired) electrons. The van der Waals surface area contributed by atoms with Crippen LogP contribution >= 0.6 is 11.3 Å². The number of hydrogen-bond donors (Lipinski definition) is 0. The molecule has 0 saturated heterocycles. The molecule has 1 nitrogen and oxygen atoms in total. The summed E-state index contributed by atoms with van der Waals surface area (Å²) in [6.07, 6.45) is 6.77. The fourth-order valence-corrected chi connectivity index (χ4v) is 9.91. The number of nitrogens with zero attached hydrogens (tertiary/aromatic N) is 1. The Bertz CT molecular complexity index is 2710. The predicted octanol–water partition coefficient (Wildman–Crippen LogP) is 15.7. The van der Waals surface area contributed by atoms with Crippen molar-refractivity contribution in [2.75, 3.05) is 4.90 Å². The van der Waals surface area contributed by atoms with Crippen LogP contribution in [0, 0.1) is 0 Å². The average molecular weight is 712 g/mol. The summed E-state index contributed by atoms with van der Waals surface area (Å²) in [5, 5.41) is 5.13. The van der Waals surface area contributed by atoms with E-state index in [0.29, 0.717) is 0 Å². The van der Waals surface area contributed by atoms with Crippen molar-refractivity contribution >= 4 is 59.3 Å². The summed E-state index contributed by atoms with van der Waals surface area (Å²) in [6.45, 7) is 0. The fraction of sp³-hybridized carbons (Fsp3) is 0.115. The summed E-state index contributed by atoms with van der Waals surface area (Å²) >= 11 is 1.87. The van der Waals surface area contributed by atoms with Gasteiger partial charge in [-0.1, -0.05) is 159 Å². The molecule has 54 heavy (non-hydrogen) atoms. The summed E-state index contributed by atoms with van der Waals surface area (Å²) in [7, 11) is 0. The number of fused-ring (bicyclic) bond motifs is 4. The Kier molecular flexibility index (Phi) is 8.54. The Morgan fingerprint density at radius 2 is 0.963 bits per heavy atom. The molecule has 1 aliphatic carbocycles. The topological polar surface area (TPSA) is 3.24 Å². The summed E-state index contributed by atoms with van der Waals surface area (Å²) < 4.78 is 2.61. The van der Waals surface area contributed by atoms with Crippen LogP contribution in [-0.4, -0.2) is 0 Å². The van der Waals surface area contributed by atoms with E-state index in [9.17, 15) is 0 Å². The molecule has 10 rings (SSSR count). The zero-order valence-corrected chi connectivity index (χ0v) is 31.1. The minimum Gasteiger partial charge on any atom is -0.310 e. The van der Waals surface area contributed by atoms with Gasteiger partial charge < -0.3 is 4.90 Å². The van der Waals surface area contributed by atoms with Gasteiger partial charge >= 0.3 is 0 Å². The van der Waals surface area contributed by atoms with Crippen molar-refractivity contribution in [3.63, 3.8) is 0 Å². The lowest BCUT2D eigenvalue weighted by Crippen LogP contribution is -2.10. The smallest absolute Gasteiger partial charge is 0.0554 e. The van der Waals surface area contributed by atoms with Crippen molar-refractivity contribution in [1.29, 1.82) is 0 Å². The Balaban J connectivity index is 1.07. The molecule has 0 spiro atoms. The van der Waals surface area contributed by atoms with Crippen molar-refractivity contribution in [3.8, 4) is 33.4 Å². The molecular weight excluding hydrogens is 671 g/mol. The first-order valence-corrected chi connectivity index (χ1v) is 20.2. The SMILES string of the molecule is c1ccc(-c2cccc3cccc(-c4ccc(N(c5ccc(-c6ccc(C7CCCCC7)cc6)cc5)c5cccc6sc7ccccc7c56)cc4)c23)cc1. The lowest BCUT2D eigenvalue weighted by Gasteiger charge is -2.27. The van der Waals surface area contributed by atoms with Gasteiger partial charge in [-0.05, 0) is 111 Å². The third-order valence-corrected chi connectivity index (χ3v) is 12.6. The third kappa shape index (κ3) is 5.97. The Morgan fingerprint density at radius 1 is 0.407 bits per heavy atom. The number of anilines is 3. The van der Waals surface area contributed by atoms with Crippen LogP contribution in [0.15, 0.2) is 182 Å². The molecule has 1 fully saturated rings. The molecule has 2 heteroatoms. The van der Waals surface area contributed by atoms with Gasteiger partial charge in [0.2, 0.25) is 0 Å². The van der Waals surface area contributed by atoms with E-state index in [0.717, 1.165) is 17.3 Å². The standard InChI is InChI=1S/C52H41NS/c1-3-12-36(13-4-1)37-24-26-38(27-25-37)39-28-32-43(33-29-39)53(48-21-11-23-50-52(48)47-18-7-8-22-49(47)54-50)44-34-30-41(31-35-44)46-20-10-17-42-16-9-19-45(51(42)46)40-14-5-2-6-15-40/h2,5-11,14-36H,1,3-4,12-13H2. The summed E-state index contributed by atoms with van der Waals surface area (Å²) in [5.74, 6) is 0.720. The highest BCUT2D eigenvalue weighted by Gasteiger charge is 2.20. The molecule has 1 heterocycles. The van der Waals surface area contributed by atoms with Gasteiger partial charge in [-0.3, -0.25) is 0 Å². The maximum atomic E-state index is 2.44.